The highest BCUT2D eigenvalue weighted by atomic mass is 35.5. The topological polar surface area (TPSA) is 21.3 Å². The zero-order valence-corrected chi connectivity index (χ0v) is 12.5. The second-order valence-electron chi connectivity index (χ2n) is 5.41. The number of hydrogen-bond acceptors (Lipinski definition) is 2. The van der Waals surface area contributed by atoms with Gasteiger partial charge in [-0.25, -0.2) is 4.39 Å². The first-order chi connectivity index (χ1) is 10.2. The number of benzene rings is 2. The van der Waals surface area contributed by atoms with Crippen LogP contribution < -0.4 is 10.1 Å². The van der Waals surface area contributed by atoms with E-state index in [0.29, 0.717) is 22.7 Å². The van der Waals surface area contributed by atoms with Gasteiger partial charge in [0.05, 0.1) is 12.1 Å². The van der Waals surface area contributed by atoms with Gasteiger partial charge in [-0.05, 0) is 48.6 Å². The van der Waals surface area contributed by atoms with E-state index < -0.39 is 0 Å². The van der Waals surface area contributed by atoms with Crippen LogP contribution in [0.25, 0.3) is 0 Å². The Morgan fingerprint density at radius 3 is 2.71 bits per heavy atom. The summed E-state index contributed by atoms with van der Waals surface area (Å²) in [5.41, 5.74) is 2.08. The van der Waals surface area contributed by atoms with Crippen molar-refractivity contribution in [3.8, 4) is 5.75 Å². The van der Waals surface area contributed by atoms with Crippen molar-refractivity contribution in [2.45, 2.75) is 24.8 Å². The standard InChI is InChI=1S/C17H17ClFNO/c1-21-17-10-14(5-6-16(17)18)20-15-8-12(9-15)11-3-2-4-13(19)7-11/h2-7,10,12,15,20H,8-9H2,1H3. The molecular weight excluding hydrogens is 289 g/mol. The Bertz CT molecular complexity index is 640. The first kappa shape index (κ1) is 14.2. The van der Waals surface area contributed by atoms with Gasteiger partial charge in [0.25, 0.3) is 0 Å². The van der Waals surface area contributed by atoms with Crippen LogP contribution in [0, 0.1) is 5.82 Å². The van der Waals surface area contributed by atoms with E-state index in [-0.39, 0.29) is 5.82 Å². The molecule has 0 unspecified atom stereocenters. The van der Waals surface area contributed by atoms with Crippen molar-refractivity contribution < 1.29 is 9.13 Å². The zero-order chi connectivity index (χ0) is 14.8. The molecule has 0 radical (unpaired) electrons. The van der Waals surface area contributed by atoms with Crippen molar-refractivity contribution in [1.29, 1.82) is 0 Å². The normalized spacial score (nSPS) is 20.7. The minimum atomic E-state index is -0.161. The minimum Gasteiger partial charge on any atom is -0.495 e. The van der Waals surface area contributed by atoms with E-state index >= 15 is 0 Å². The van der Waals surface area contributed by atoms with Gasteiger partial charge in [0.2, 0.25) is 0 Å². The van der Waals surface area contributed by atoms with E-state index in [1.54, 1.807) is 19.2 Å². The van der Waals surface area contributed by atoms with Crippen LogP contribution in [0.15, 0.2) is 42.5 Å². The van der Waals surface area contributed by atoms with Gasteiger partial charge in [0.15, 0.2) is 0 Å². The molecule has 1 saturated carbocycles. The van der Waals surface area contributed by atoms with Crippen LogP contribution in [0.5, 0.6) is 5.75 Å². The number of hydrogen-bond donors (Lipinski definition) is 1. The molecule has 2 aromatic rings. The van der Waals surface area contributed by atoms with Gasteiger partial charge in [-0.1, -0.05) is 23.7 Å². The highest BCUT2D eigenvalue weighted by molar-refractivity contribution is 6.32. The second-order valence-corrected chi connectivity index (χ2v) is 5.82. The third-order valence-corrected chi connectivity index (χ3v) is 4.29. The fraction of sp³-hybridized carbons (Fsp3) is 0.294. The van der Waals surface area contributed by atoms with Crippen LogP contribution in [-0.4, -0.2) is 13.2 Å². The van der Waals surface area contributed by atoms with Crippen LogP contribution in [0.4, 0.5) is 10.1 Å². The number of rotatable bonds is 4. The van der Waals surface area contributed by atoms with E-state index in [1.165, 1.54) is 6.07 Å². The lowest BCUT2D eigenvalue weighted by Gasteiger charge is -2.37. The van der Waals surface area contributed by atoms with Crippen molar-refractivity contribution in [2.24, 2.45) is 0 Å². The molecule has 0 atom stereocenters. The summed E-state index contributed by atoms with van der Waals surface area (Å²) in [5, 5.41) is 4.07. The maximum atomic E-state index is 13.2. The number of methoxy groups -OCH3 is 1. The molecule has 110 valence electrons. The van der Waals surface area contributed by atoms with Crippen molar-refractivity contribution in [1.82, 2.24) is 0 Å². The van der Waals surface area contributed by atoms with Gasteiger partial charge in [0.1, 0.15) is 11.6 Å². The molecule has 0 saturated heterocycles. The van der Waals surface area contributed by atoms with E-state index in [4.69, 9.17) is 16.3 Å². The molecule has 4 heteroatoms. The fourth-order valence-electron chi connectivity index (χ4n) is 2.75. The molecule has 3 rings (SSSR count). The molecule has 1 aliphatic carbocycles. The lowest BCUT2D eigenvalue weighted by atomic mass is 9.76. The molecule has 0 spiro atoms. The number of anilines is 1. The molecule has 2 aromatic carbocycles. The van der Waals surface area contributed by atoms with Gasteiger partial charge < -0.3 is 10.1 Å². The molecule has 0 bridgehead atoms. The third kappa shape index (κ3) is 3.13. The first-order valence-corrected chi connectivity index (χ1v) is 7.39. The summed E-state index contributed by atoms with van der Waals surface area (Å²) in [6.07, 6.45) is 2.02. The Hall–Kier alpha value is -1.74. The molecule has 1 N–H and O–H groups in total. The predicted molar refractivity (Wildman–Crippen MR) is 83.8 cm³/mol. The van der Waals surface area contributed by atoms with Crippen molar-refractivity contribution in [3.63, 3.8) is 0 Å². The van der Waals surface area contributed by atoms with Crippen LogP contribution in [0.3, 0.4) is 0 Å². The summed E-state index contributed by atoms with van der Waals surface area (Å²) in [6, 6.07) is 13.0. The molecule has 21 heavy (non-hydrogen) atoms. The Labute approximate surface area is 128 Å². The van der Waals surface area contributed by atoms with E-state index in [0.717, 1.165) is 24.1 Å². The highest BCUT2D eigenvalue weighted by Crippen LogP contribution is 2.39. The molecule has 0 aliphatic heterocycles. The van der Waals surface area contributed by atoms with Crippen LogP contribution in [0.1, 0.15) is 24.3 Å². The van der Waals surface area contributed by atoms with Crippen LogP contribution >= 0.6 is 11.6 Å². The maximum Gasteiger partial charge on any atom is 0.139 e. The number of halogens is 2. The molecule has 0 aromatic heterocycles. The molecular formula is C17H17ClFNO. The summed E-state index contributed by atoms with van der Waals surface area (Å²) in [4.78, 5) is 0. The Morgan fingerprint density at radius 1 is 1.19 bits per heavy atom. The second kappa shape index (κ2) is 5.94. The summed E-state index contributed by atoms with van der Waals surface area (Å²) in [7, 11) is 1.61. The SMILES string of the molecule is COc1cc(NC2CC(c3cccc(F)c3)C2)ccc1Cl. The van der Waals surface area contributed by atoms with Gasteiger partial charge in [0, 0.05) is 17.8 Å². The lowest BCUT2D eigenvalue weighted by Crippen LogP contribution is -2.34. The Morgan fingerprint density at radius 2 is 2.00 bits per heavy atom. The van der Waals surface area contributed by atoms with Gasteiger partial charge in [-0.3, -0.25) is 0 Å². The Kier molecular flexibility index (Phi) is 4.02. The average molecular weight is 306 g/mol. The monoisotopic (exact) mass is 305 g/mol. The smallest absolute Gasteiger partial charge is 0.139 e. The van der Waals surface area contributed by atoms with Gasteiger partial charge in [-0.2, -0.15) is 0 Å². The highest BCUT2D eigenvalue weighted by Gasteiger charge is 2.30. The predicted octanol–water partition coefficient (Wildman–Crippen LogP) is 4.85. The summed E-state index contributed by atoms with van der Waals surface area (Å²) in [5.74, 6) is 0.946. The first-order valence-electron chi connectivity index (χ1n) is 7.01. The van der Waals surface area contributed by atoms with Crippen molar-refractivity contribution >= 4 is 17.3 Å². The number of ether oxygens (including phenoxy) is 1. The number of nitrogens with one attached hydrogen (secondary N) is 1. The van der Waals surface area contributed by atoms with E-state index in [2.05, 4.69) is 5.32 Å². The van der Waals surface area contributed by atoms with Crippen molar-refractivity contribution in [2.75, 3.05) is 12.4 Å². The van der Waals surface area contributed by atoms with Crippen molar-refractivity contribution in [3.05, 3.63) is 58.9 Å². The van der Waals surface area contributed by atoms with Gasteiger partial charge in [-0.15, -0.1) is 0 Å². The summed E-state index contributed by atoms with van der Waals surface area (Å²) in [6.45, 7) is 0. The maximum absolute atomic E-state index is 13.2. The summed E-state index contributed by atoms with van der Waals surface area (Å²) >= 11 is 6.01. The quantitative estimate of drug-likeness (QED) is 0.872. The summed E-state index contributed by atoms with van der Waals surface area (Å²) < 4.78 is 18.4. The zero-order valence-electron chi connectivity index (χ0n) is 11.8. The van der Waals surface area contributed by atoms with Gasteiger partial charge >= 0.3 is 0 Å². The average Bonchev–Trinajstić information content (AvgIpc) is 2.44. The third-order valence-electron chi connectivity index (χ3n) is 3.98. The van der Waals surface area contributed by atoms with Crippen LogP contribution in [-0.2, 0) is 0 Å². The largest absolute Gasteiger partial charge is 0.495 e. The molecule has 1 fully saturated rings. The molecule has 1 aliphatic rings. The van der Waals surface area contributed by atoms with E-state index in [1.807, 2.05) is 24.3 Å². The lowest BCUT2D eigenvalue weighted by molar-refractivity contribution is 0.372. The molecule has 2 nitrogen and oxygen atoms in total. The fourth-order valence-corrected chi connectivity index (χ4v) is 2.95. The van der Waals surface area contributed by atoms with E-state index in [9.17, 15) is 4.39 Å². The molecule has 0 amide bonds. The molecule has 0 heterocycles. The Balaban J connectivity index is 1.60. The van der Waals surface area contributed by atoms with Crippen LogP contribution in [0.2, 0.25) is 5.02 Å². The minimum absolute atomic E-state index is 0.161.